The van der Waals surface area contributed by atoms with Crippen LogP contribution in [-0.4, -0.2) is 6.04 Å². The highest BCUT2D eigenvalue weighted by Crippen LogP contribution is 2.22. The van der Waals surface area contributed by atoms with E-state index in [2.05, 4.69) is 13.0 Å². The third-order valence-electron chi connectivity index (χ3n) is 2.14. The molecule has 2 N–H and O–H groups in total. The number of rotatable bonds is 2. The van der Waals surface area contributed by atoms with Gasteiger partial charge in [0.15, 0.2) is 0 Å². The third kappa shape index (κ3) is 2.71. The Labute approximate surface area is 84.9 Å². The molecule has 0 aliphatic heterocycles. The quantitative estimate of drug-likeness (QED) is 0.776. The first-order valence-electron chi connectivity index (χ1n) is 4.52. The van der Waals surface area contributed by atoms with E-state index in [4.69, 9.17) is 17.3 Å². The summed E-state index contributed by atoms with van der Waals surface area (Å²) in [6, 6.07) is 4.34. The van der Waals surface area contributed by atoms with Gasteiger partial charge in [0.25, 0.3) is 0 Å². The standard InChI is InChI=1S/C11H16ClN/c1-7-4-10(6-8(2)13)9(3)11(12)5-7/h4-5,8H,6,13H2,1-3H3. The summed E-state index contributed by atoms with van der Waals surface area (Å²) in [6.45, 7) is 6.10. The summed E-state index contributed by atoms with van der Waals surface area (Å²) in [7, 11) is 0. The van der Waals surface area contributed by atoms with Gasteiger partial charge in [-0.15, -0.1) is 0 Å². The van der Waals surface area contributed by atoms with E-state index in [9.17, 15) is 0 Å². The van der Waals surface area contributed by atoms with Gasteiger partial charge in [0.1, 0.15) is 0 Å². The molecular formula is C11H16ClN. The molecule has 1 unspecified atom stereocenters. The van der Waals surface area contributed by atoms with Crippen molar-refractivity contribution in [2.45, 2.75) is 33.2 Å². The Bertz CT molecular complexity index is 305. The Morgan fingerprint density at radius 2 is 2.00 bits per heavy atom. The molecule has 72 valence electrons. The highest BCUT2D eigenvalue weighted by Gasteiger charge is 2.05. The molecule has 0 saturated carbocycles. The molecule has 0 bridgehead atoms. The van der Waals surface area contributed by atoms with Gasteiger partial charge in [0, 0.05) is 11.1 Å². The lowest BCUT2D eigenvalue weighted by Gasteiger charge is -2.11. The molecule has 1 aromatic rings. The molecule has 0 amide bonds. The molecule has 0 heterocycles. The highest BCUT2D eigenvalue weighted by atomic mass is 35.5. The predicted octanol–water partition coefficient (Wildman–Crippen LogP) is 2.85. The van der Waals surface area contributed by atoms with E-state index in [1.54, 1.807) is 0 Å². The molecule has 0 radical (unpaired) electrons. The minimum absolute atomic E-state index is 0.191. The summed E-state index contributed by atoms with van der Waals surface area (Å²) in [5.41, 5.74) is 9.37. The average molecular weight is 198 g/mol. The van der Waals surface area contributed by atoms with Crippen molar-refractivity contribution < 1.29 is 0 Å². The summed E-state index contributed by atoms with van der Waals surface area (Å²) >= 11 is 6.06. The van der Waals surface area contributed by atoms with Crippen molar-refractivity contribution in [1.82, 2.24) is 0 Å². The minimum Gasteiger partial charge on any atom is -0.328 e. The SMILES string of the molecule is Cc1cc(Cl)c(C)c(CC(C)N)c1. The molecule has 1 aromatic carbocycles. The minimum atomic E-state index is 0.191. The molecule has 0 fully saturated rings. The fourth-order valence-electron chi connectivity index (χ4n) is 1.45. The summed E-state index contributed by atoms with van der Waals surface area (Å²) in [5.74, 6) is 0. The second-order valence-corrected chi connectivity index (χ2v) is 4.12. The summed E-state index contributed by atoms with van der Waals surface area (Å²) in [5, 5.41) is 0.843. The fraction of sp³-hybridized carbons (Fsp3) is 0.455. The lowest BCUT2D eigenvalue weighted by atomic mass is 10.00. The molecule has 0 spiro atoms. The van der Waals surface area contributed by atoms with Crippen LogP contribution in [-0.2, 0) is 6.42 Å². The van der Waals surface area contributed by atoms with E-state index in [0.29, 0.717) is 0 Å². The molecule has 0 aliphatic carbocycles. The van der Waals surface area contributed by atoms with Gasteiger partial charge in [-0.05, 0) is 49.9 Å². The number of hydrogen-bond donors (Lipinski definition) is 1. The van der Waals surface area contributed by atoms with Gasteiger partial charge in [-0.25, -0.2) is 0 Å². The third-order valence-corrected chi connectivity index (χ3v) is 2.53. The van der Waals surface area contributed by atoms with Gasteiger partial charge in [-0.1, -0.05) is 17.7 Å². The van der Waals surface area contributed by atoms with Crippen LogP contribution in [0.3, 0.4) is 0 Å². The van der Waals surface area contributed by atoms with Gasteiger partial charge < -0.3 is 5.73 Å². The van der Waals surface area contributed by atoms with Crippen molar-refractivity contribution in [3.05, 3.63) is 33.8 Å². The van der Waals surface area contributed by atoms with E-state index < -0.39 is 0 Å². The van der Waals surface area contributed by atoms with Crippen molar-refractivity contribution >= 4 is 11.6 Å². The number of hydrogen-bond acceptors (Lipinski definition) is 1. The molecule has 1 atom stereocenters. The van der Waals surface area contributed by atoms with Gasteiger partial charge in [0.2, 0.25) is 0 Å². The molecule has 2 heteroatoms. The highest BCUT2D eigenvalue weighted by molar-refractivity contribution is 6.31. The Morgan fingerprint density at radius 1 is 1.38 bits per heavy atom. The lowest BCUT2D eigenvalue weighted by Crippen LogP contribution is -2.18. The maximum atomic E-state index is 6.06. The largest absolute Gasteiger partial charge is 0.328 e. The zero-order chi connectivity index (χ0) is 10.0. The molecule has 0 aliphatic rings. The van der Waals surface area contributed by atoms with Crippen LogP contribution in [0, 0.1) is 13.8 Å². The summed E-state index contributed by atoms with van der Waals surface area (Å²) in [4.78, 5) is 0. The van der Waals surface area contributed by atoms with Crippen LogP contribution in [0.1, 0.15) is 23.6 Å². The summed E-state index contributed by atoms with van der Waals surface area (Å²) in [6.07, 6.45) is 0.896. The van der Waals surface area contributed by atoms with Crippen LogP contribution in [0.2, 0.25) is 5.02 Å². The van der Waals surface area contributed by atoms with Crippen LogP contribution in [0.5, 0.6) is 0 Å². The van der Waals surface area contributed by atoms with Crippen molar-refractivity contribution in [1.29, 1.82) is 0 Å². The molecule has 0 aromatic heterocycles. The van der Waals surface area contributed by atoms with Crippen molar-refractivity contribution in [2.24, 2.45) is 5.73 Å². The van der Waals surface area contributed by atoms with Gasteiger partial charge in [-0.3, -0.25) is 0 Å². The maximum Gasteiger partial charge on any atom is 0.0440 e. The molecule has 0 saturated heterocycles. The normalized spacial score (nSPS) is 13.0. The van der Waals surface area contributed by atoms with Crippen molar-refractivity contribution in [3.8, 4) is 0 Å². The fourth-order valence-corrected chi connectivity index (χ4v) is 1.74. The first-order valence-corrected chi connectivity index (χ1v) is 4.89. The molecule has 1 rings (SSSR count). The average Bonchev–Trinajstić information content (AvgIpc) is 1.98. The van der Waals surface area contributed by atoms with Gasteiger partial charge in [-0.2, -0.15) is 0 Å². The molecular weight excluding hydrogens is 182 g/mol. The second kappa shape index (κ2) is 4.12. The van der Waals surface area contributed by atoms with E-state index in [1.165, 1.54) is 11.1 Å². The van der Waals surface area contributed by atoms with Gasteiger partial charge in [0.05, 0.1) is 0 Å². The maximum absolute atomic E-state index is 6.06. The number of benzene rings is 1. The number of aryl methyl sites for hydroxylation is 1. The Morgan fingerprint density at radius 3 is 2.54 bits per heavy atom. The van der Waals surface area contributed by atoms with Crippen LogP contribution in [0.25, 0.3) is 0 Å². The number of halogens is 1. The van der Waals surface area contributed by atoms with Crippen LogP contribution in [0.4, 0.5) is 0 Å². The summed E-state index contributed by atoms with van der Waals surface area (Å²) < 4.78 is 0. The lowest BCUT2D eigenvalue weighted by molar-refractivity contribution is 0.734. The van der Waals surface area contributed by atoms with Crippen LogP contribution in [0.15, 0.2) is 12.1 Å². The van der Waals surface area contributed by atoms with Crippen molar-refractivity contribution in [3.63, 3.8) is 0 Å². The van der Waals surface area contributed by atoms with E-state index in [-0.39, 0.29) is 6.04 Å². The zero-order valence-electron chi connectivity index (χ0n) is 8.39. The first kappa shape index (κ1) is 10.6. The predicted molar refractivity (Wildman–Crippen MR) is 58.3 cm³/mol. The molecule has 13 heavy (non-hydrogen) atoms. The Kier molecular flexibility index (Phi) is 3.34. The Hall–Kier alpha value is -0.530. The Balaban J connectivity index is 3.05. The van der Waals surface area contributed by atoms with Crippen LogP contribution < -0.4 is 5.73 Å². The first-order chi connectivity index (χ1) is 6.00. The smallest absolute Gasteiger partial charge is 0.0440 e. The number of nitrogens with two attached hydrogens (primary N) is 1. The topological polar surface area (TPSA) is 26.0 Å². The zero-order valence-corrected chi connectivity index (χ0v) is 9.15. The monoisotopic (exact) mass is 197 g/mol. The second-order valence-electron chi connectivity index (χ2n) is 3.71. The van der Waals surface area contributed by atoms with Crippen LogP contribution >= 0.6 is 11.6 Å². The molecule has 1 nitrogen and oxygen atoms in total. The van der Waals surface area contributed by atoms with E-state index in [0.717, 1.165) is 17.0 Å². The van der Waals surface area contributed by atoms with Gasteiger partial charge >= 0.3 is 0 Å². The van der Waals surface area contributed by atoms with Crippen molar-refractivity contribution in [2.75, 3.05) is 0 Å². The van der Waals surface area contributed by atoms with E-state index >= 15 is 0 Å². The van der Waals surface area contributed by atoms with E-state index in [1.807, 2.05) is 19.9 Å².